The van der Waals surface area contributed by atoms with E-state index in [0.29, 0.717) is 31.5 Å². The maximum absolute atomic E-state index is 13.1. The molecule has 0 bridgehead atoms. The minimum atomic E-state index is -3.69. The standard InChI is InChI=1S/C21H23ClN2O4S/c1-14-6-7-19-16(12-14)13-28-21(25)24(19)17-8-10-23(11-9-17)29(26,27)20-15(2)4-3-5-18(20)22/h3-7,12,17H,8-11,13H2,1-2H3. The van der Waals surface area contributed by atoms with Gasteiger partial charge in [-0.25, -0.2) is 13.2 Å². The third-order valence-corrected chi connectivity index (χ3v) is 8.12. The van der Waals surface area contributed by atoms with Crippen LogP contribution in [0.15, 0.2) is 41.3 Å². The zero-order valence-electron chi connectivity index (χ0n) is 16.4. The quantitative estimate of drug-likeness (QED) is 0.723. The Bertz CT molecular complexity index is 1040. The van der Waals surface area contributed by atoms with Gasteiger partial charge in [-0.05, 0) is 44.4 Å². The van der Waals surface area contributed by atoms with Crippen molar-refractivity contribution < 1.29 is 17.9 Å². The van der Waals surface area contributed by atoms with Gasteiger partial charge in [-0.3, -0.25) is 4.90 Å². The predicted molar refractivity (Wildman–Crippen MR) is 112 cm³/mol. The number of nitrogens with zero attached hydrogens (tertiary/aromatic N) is 2. The number of hydrogen-bond donors (Lipinski definition) is 0. The van der Waals surface area contributed by atoms with Crippen molar-refractivity contribution in [2.45, 2.75) is 44.2 Å². The van der Waals surface area contributed by atoms with Gasteiger partial charge in [-0.1, -0.05) is 41.4 Å². The highest BCUT2D eigenvalue weighted by atomic mass is 35.5. The number of piperidine rings is 1. The number of fused-ring (bicyclic) bond motifs is 1. The lowest BCUT2D eigenvalue weighted by atomic mass is 10.0. The second kappa shape index (κ2) is 7.63. The highest BCUT2D eigenvalue weighted by Gasteiger charge is 2.37. The normalized spacial score (nSPS) is 18.4. The summed E-state index contributed by atoms with van der Waals surface area (Å²) in [4.78, 5) is 14.3. The van der Waals surface area contributed by atoms with Crippen LogP contribution >= 0.6 is 11.6 Å². The fourth-order valence-corrected chi connectivity index (χ4v) is 6.38. The number of cyclic esters (lactones) is 1. The Labute approximate surface area is 176 Å². The zero-order valence-corrected chi connectivity index (χ0v) is 18.0. The molecule has 6 nitrogen and oxygen atoms in total. The summed E-state index contributed by atoms with van der Waals surface area (Å²) in [5, 5.41) is 0.232. The number of hydrogen-bond acceptors (Lipinski definition) is 4. The number of amides is 1. The number of anilines is 1. The lowest BCUT2D eigenvalue weighted by Gasteiger charge is -2.40. The second-order valence-electron chi connectivity index (χ2n) is 7.58. The number of rotatable bonds is 3. The maximum Gasteiger partial charge on any atom is 0.414 e. The van der Waals surface area contributed by atoms with Gasteiger partial charge in [-0.2, -0.15) is 4.31 Å². The number of carbonyl (C=O) groups excluding carboxylic acids is 1. The van der Waals surface area contributed by atoms with Crippen molar-refractivity contribution >= 4 is 33.4 Å². The molecule has 29 heavy (non-hydrogen) atoms. The molecule has 0 aromatic heterocycles. The lowest BCUT2D eigenvalue weighted by molar-refractivity contribution is 0.135. The fraction of sp³-hybridized carbons (Fsp3) is 0.381. The minimum absolute atomic E-state index is 0.108. The average Bonchev–Trinajstić information content (AvgIpc) is 2.68. The number of sulfonamides is 1. The highest BCUT2D eigenvalue weighted by molar-refractivity contribution is 7.89. The molecular formula is C21H23ClN2O4S. The van der Waals surface area contributed by atoms with Gasteiger partial charge in [0.05, 0.1) is 10.7 Å². The fourth-order valence-electron chi connectivity index (χ4n) is 4.13. The van der Waals surface area contributed by atoms with Crippen LogP contribution in [0.1, 0.15) is 29.5 Å². The molecule has 2 aliphatic rings. The van der Waals surface area contributed by atoms with Crippen molar-refractivity contribution in [2.75, 3.05) is 18.0 Å². The molecule has 1 amide bonds. The first-order valence-electron chi connectivity index (χ1n) is 9.60. The molecule has 2 aliphatic heterocycles. The van der Waals surface area contributed by atoms with E-state index in [1.807, 2.05) is 25.1 Å². The summed E-state index contributed by atoms with van der Waals surface area (Å²) in [5.41, 5.74) is 3.57. The van der Waals surface area contributed by atoms with Crippen LogP contribution in [0.5, 0.6) is 0 Å². The summed E-state index contributed by atoms with van der Waals surface area (Å²) in [6.45, 7) is 4.66. The Balaban J connectivity index is 1.55. The van der Waals surface area contributed by atoms with Crippen molar-refractivity contribution in [2.24, 2.45) is 0 Å². The number of benzene rings is 2. The summed E-state index contributed by atoms with van der Waals surface area (Å²) in [5.74, 6) is 0. The molecule has 0 atom stereocenters. The Morgan fingerprint density at radius 3 is 2.52 bits per heavy atom. The Morgan fingerprint density at radius 1 is 1.10 bits per heavy atom. The summed E-state index contributed by atoms with van der Waals surface area (Å²) >= 11 is 6.20. The molecule has 0 spiro atoms. The van der Waals surface area contributed by atoms with Crippen LogP contribution in [0.25, 0.3) is 0 Å². The SMILES string of the molecule is Cc1ccc2c(c1)COC(=O)N2C1CCN(S(=O)(=O)c2c(C)cccc2Cl)CC1. The third kappa shape index (κ3) is 3.63. The molecule has 2 aromatic rings. The second-order valence-corrected chi connectivity index (χ2v) is 9.86. The van der Waals surface area contributed by atoms with Gasteiger partial charge in [0.25, 0.3) is 0 Å². The van der Waals surface area contributed by atoms with Crippen LogP contribution in [0.2, 0.25) is 5.02 Å². The van der Waals surface area contributed by atoms with E-state index in [2.05, 4.69) is 0 Å². The van der Waals surface area contributed by atoms with Crippen LogP contribution in [0.3, 0.4) is 0 Å². The summed E-state index contributed by atoms with van der Waals surface area (Å²) < 4.78 is 33.1. The molecule has 0 N–H and O–H groups in total. The molecular weight excluding hydrogens is 412 g/mol. The number of halogens is 1. The average molecular weight is 435 g/mol. The van der Waals surface area contributed by atoms with Crippen LogP contribution in [0.4, 0.5) is 10.5 Å². The molecule has 0 radical (unpaired) electrons. The number of carbonyl (C=O) groups is 1. The molecule has 0 saturated carbocycles. The topological polar surface area (TPSA) is 66.9 Å². The van der Waals surface area contributed by atoms with Crippen molar-refractivity contribution in [3.8, 4) is 0 Å². The van der Waals surface area contributed by atoms with E-state index < -0.39 is 10.0 Å². The van der Waals surface area contributed by atoms with Crippen LogP contribution in [-0.4, -0.2) is 37.9 Å². The Morgan fingerprint density at radius 2 is 1.83 bits per heavy atom. The van der Waals surface area contributed by atoms with Crippen molar-refractivity contribution in [1.29, 1.82) is 0 Å². The Kier molecular flexibility index (Phi) is 5.31. The van der Waals surface area contributed by atoms with Gasteiger partial charge in [0, 0.05) is 24.7 Å². The van der Waals surface area contributed by atoms with Crippen LogP contribution < -0.4 is 4.90 Å². The van der Waals surface area contributed by atoms with E-state index in [9.17, 15) is 13.2 Å². The molecule has 154 valence electrons. The van der Waals surface area contributed by atoms with Gasteiger partial charge in [0.1, 0.15) is 11.5 Å². The predicted octanol–water partition coefficient (Wildman–Crippen LogP) is 4.27. The first-order valence-corrected chi connectivity index (χ1v) is 11.4. The first-order chi connectivity index (χ1) is 13.8. The largest absolute Gasteiger partial charge is 0.444 e. The van der Waals surface area contributed by atoms with Gasteiger partial charge in [0.2, 0.25) is 10.0 Å². The number of aryl methyl sites for hydroxylation is 2. The van der Waals surface area contributed by atoms with E-state index in [-0.39, 0.29) is 28.7 Å². The number of ether oxygens (including phenoxy) is 1. The summed E-state index contributed by atoms with van der Waals surface area (Å²) in [6.07, 6.45) is 0.695. The van der Waals surface area contributed by atoms with Gasteiger partial charge < -0.3 is 4.74 Å². The molecule has 2 aromatic carbocycles. The summed E-state index contributed by atoms with van der Waals surface area (Å²) in [6, 6.07) is 10.9. The third-order valence-electron chi connectivity index (χ3n) is 5.59. The lowest BCUT2D eigenvalue weighted by Crippen LogP contribution is -2.50. The van der Waals surface area contributed by atoms with E-state index in [0.717, 1.165) is 16.8 Å². The van der Waals surface area contributed by atoms with E-state index in [1.165, 1.54) is 4.31 Å². The molecule has 1 fully saturated rings. The summed E-state index contributed by atoms with van der Waals surface area (Å²) in [7, 11) is -3.69. The minimum Gasteiger partial charge on any atom is -0.444 e. The van der Waals surface area contributed by atoms with E-state index >= 15 is 0 Å². The smallest absolute Gasteiger partial charge is 0.414 e. The van der Waals surface area contributed by atoms with Crippen molar-refractivity contribution in [1.82, 2.24) is 4.31 Å². The van der Waals surface area contributed by atoms with E-state index in [4.69, 9.17) is 16.3 Å². The van der Waals surface area contributed by atoms with Crippen LogP contribution in [-0.2, 0) is 21.4 Å². The zero-order chi connectivity index (χ0) is 20.8. The van der Waals surface area contributed by atoms with Crippen molar-refractivity contribution in [3.63, 3.8) is 0 Å². The molecule has 4 rings (SSSR count). The van der Waals surface area contributed by atoms with Gasteiger partial charge in [0.15, 0.2) is 0 Å². The molecule has 1 saturated heterocycles. The monoisotopic (exact) mass is 434 g/mol. The van der Waals surface area contributed by atoms with Crippen LogP contribution in [0, 0.1) is 13.8 Å². The molecule has 0 unspecified atom stereocenters. The highest BCUT2D eigenvalue weighted by Crippen LogP contribution is 2.34. The Hall–Kier alpha value is -2.09. The molecule has 0 aliphatic carbocycles. The first kappa shape index (κ1) is 20.2. The maximum atomic E-state index is 13.1. The molecule has 2 heterocycles. The van der Waals surface area contributed by atoms with Gasteiger partial charge in [-0.15, -0.1) is 0 Å². The van der Waals surface area contributed by atoms with E-state index in [1.54, 1.807) is 30.0 Å². The van der Waals surface area contributed by atoms with Crippen molar-refractivity contribution in [3.05, 3.63) is 58.1 Å². The molecule has 8 heteroatoms. The van der Waals surface area contributed by atoms with Gasteiger partial charge >= 0.3 is 6.09 Å².